The van der Waals surface area contributed by atoms with Crippen LogP contribution >= 0.6 is 0 Å². The zero-order chi connectivity index (χ0) is 16.9. The van der Waals surface area contributed by atoms with E-state index in [9.17, 15) is 39.1 Å². The first kappa shape index (κ1) is 22.9. The summed E-state index contributed by atoms with van der Waals surface area (Å²) in [6.45, 7) is -0.368. The normalized spacial score (nSPS) is 18.7. The van der Waals surface area contributed by atoms with Crippen LogP contribution in [-0.2, 0) is 21.4 Å². The van der Waals surface area contributed by atoms with Gasteiger partial charge in [0.2, 0.25) is 5.92 Å². The van der Waals surface area contributed by atoms with Crippen molar-refractivity contribution in [1.29, 1.82) is 0 Å². The predicted octanol–water partition coefficient (Wildman–Crippen LogP) is 1.50. The van der Waals surface area contributed by atoms with Gasteiger partial charge in [-0.25, -0.2) is 13.1 Å². The molecule has 1 saturated heterocycles. The van der Waals surface area contributed by atoms with Crippen molar-refractivity contribution in [3.63, 3.8) is 0 Å². The molecule has 140 valence electrons. The third kappa shape index (κ3) is 5.79. The van der Waals surface area contributed by atoms with Gasteiger partial charge >= 0.3 is 15.4 Å². The van der Waals surface area contributed by atoms with Gasteiger partial charge in [-0.05, 0) is 12.8 Å². The fourth-order valence-corrected chi connectivity index (χ4v) is 2.19. The standard InChI is InChI=1S/C5H11NO2S.C3H2F5O3S.Fm/c7-9(8)6-4-2-1-3-5-6;4-1-2(5,6)3(7,8)12(9,10)11;/h1-5H2,(H,7,8);1H,(H,9,10,11);/q;-1;/p-1. The van der Waals surface area contributed by atoms with E-state index in [0.717, 1.165) is 25.9 Å². The van der Waals surface area contributed by atoms with Crippen LogP contribution in [0, 0.1) is 6.67 Å². The summed E-state index contributed by atoms with van der Waals surface area (Å²) in [7, 11) is -6.33. The van der Waals surface area contributed by atoms with Crippen molar-refractivity contribution in [2.75, 3.05) is 13.1 Å². The molecule has 1 atom stereocenters. The Hall–Kier alpha value is -1.37. The summed E-state index contributed by atoms with van der Waals surface area (Å²) in [4.78, 5) is 0. The molecule has 1 unspecified atom stereocenters. The van der Waals surface area contributed by atoms with Crippen LogP contribution < -0.4 is 0 Å². The van der Waals surface area contributed by atoms with Gasteiger partial charge in [-0.15, -0.1) is 0 Å². The average Bonchev–Trinajstić information content (AvgIpc) is 2.39. The van der Waals surface area contributed by atoms with E-state index in [2.05, 4.69) is 0 Å². The molecular weight excluding hydrogens is 606 g/mol. The maximum absolute atomic E-state index is 11.8. The van der Waals surface area contributed by atoms with E-state index in [1.807, 2.05) is 0 Å². The summed E-state index contributed by atoms with van der Waals surface area (Å²) < 4.78 is 107. The molecule has 0 spiro atoms. The predicted molar refractivity (Wildman–Crippen MR) is 61.2 cm³/mol. The van der Waals surface area contributed by atoms with Gasteiger partial charge in [-0.2, -0.15) is 17.2 Å². The van der Waals surface area contributed by atoms with E-state index in [0.29, 0.717) is 0 Å². The van der Waals surface area contributed by atoms with E-state index in [1.165, 1.54) is 10.7 Å². The monoisotopic (exact) mass is 618 g/mol. The smallest absolute Gasteiger partial charge is 0.405 e. The van der Waals surface area contributed by atoms with Crippen molar-refractivity contribution in [2.24, 2.45) is 0 Å². The molecule has 0 aromatic rings. The van der Waals surface area contributed by atoms with Crippen LogP contribution in [0.1, 0.15) is 19.3 Å². The van der Waals surface area contributed by atoms with Gasteiger partial charge in [0, 0.05) is 24.4 Å². The molecule has 1 fully saturated rings. The SMILES string of the molecule is O=S(=O)(O)C(F)(F)C(F)(F)[CH-]F.O=S([O-])N1CCCCC1.[Fm]. The summed E-state index contributed by atoms with van der Waals surface area (Å²) >= 11 is -1.97. The quantitative estimate of drug-likeness (QED) is 0.223. The Balaban J connectivity index is 0. The Morgan fingerprint density at radius 3 is 1.73 bits per heavy atom. The van der Waals surface area contributed by atoms with Gasteiger partial charge in [0.15, 0.2) is 0 Å². The molecule has 22 heavy (non-hydrogen) atoms. The molecule has 0 amide bonds. The average molecular weight is 618 g/mol. The summed E-state index contributed by atoms with van der Waals surface area (Å²) in [5.74, 6) is -5.54. The van der Waals surface area contributed by atoms with Gasteiger partial charge in [0.05, 0.1) is 0 Å². The van der Waals surface area contributed by atoms with Crippen molar-refractivity contribution in [3.8, 4) is 0 Å². The molecule has 0 saturated carbocycles. The third-order valence-electron chi connectivity index (χ3n) is 2.37. The van der Waals surface area contributed by atoms with Crippen LogP contribution in [0.4, 0.5) is 22.0 Å². The Kier molecular flexibility index (Phi) is 8.65. The summed E-state index contributed by atoms with van der Waals surface area (Å²) in [6.07, 6.45) is 3.22. The first-order valence-corrected chi connectivity index (χ1v) is 7.85. The minimum atomic E-state index is -6.33. The largest absolute Gasteiger partial charge is 0.760 e. The van der Waals surface area contributed by atoms with E-state index in [-0.39, 0.29) is 0 Å². The molecule has 1 aliphatic heterocycles. The van der Waals surface area contributed by atoms with Gasteiger partial charge in [0.1, 0.15) is 0 Å². The second kappa shape index (κ2) is 8.31. The zero-order valence-corrected chi connectivity index (χ0v) is 14.7. The number of halogens is 5. The minimum absolute atomic E-state index is 0. The van der Waals surface area contributed by atoms with Crippen LogP contribution in [0.25, 0.3) is 0 Å². The molecular formula is C8H12F5FmNO5S2-2. The van der Waals surface area contributed by atoms with Crippen LogP contribution in [0.15, 0.2) is 0 Å². The van der Waals surface area contributed by atoms with Crippen molar-refractivity contribution < 1.29 is 43.7 Å². The maximum atomic E-state index is 11.8. The van der Waals surface area contributed by atoms with Crippen molar-refractivity contribution >= 4 is 21.4 Å². The second-order valence-corrected chi connectivity index (χ2v) is 6.34. The first-order chi connectivity index (χ1) is 9.37. The second-order valence-electron chi connectivity index (χ2n) is 3.93. The summed E-state index contributed by atoms with van der Waals surface area (Å²) in [5, 5.41) is -5.85. The fourth-order valence-electron chi connectivity index (χ4n) is 1.25. The van der Waals surface area contributed by atoms with E-state index in [1.54, 1.807) is 0 Å². The number of rotatable bonds is 4. The van der Waals surface area contributed by atoms with Crippen LogP contribution in [0.5, 0.6) is 0 Å². The maximum Gasteiger partial charge on any atom is 0.405 e. The molecule has 0 aliphatic carbocycles. The van der Waals surface area contributed by atoms with Crippen molar-refractivity contribution in [2.45, 2.75) is 30.4 Å². The van der Waals surface area contributed by atoms with E-state index in [4.69, 9.17) is 4.55 Å². The van der Waals surface area contributed by atoms with Crippen molar-refractivity contribution in [3.05, 3.63) is 6.67 Å². The van der Waals surface area contributed by atoms with Crippen LogP contribution in [0.3, 0.4) is 0 Å². The molecule has 0 aromatic heterocycles. The van der Waals surface area contributed by atoms with E-state index >= 15 is 0 Å². The van der Waals surface area contributed by atoms with E-state index < -0.39 is 39.2 Å². The Bertz CT molecular complexity index is 458. The van der Waals surface area contributed by atoms with Crippen LogP contribution in [0.2, 0.25) is 0 Å². The van der Waals surface area contributed by atoms with Gasteiger partial charge in [-0.3, -0.25) is 8.76 Å². The Labute approximate surface area is 120 Å². The van der Waals surface area contributed by atoms with Gasteiger partial charge in [-0.1, -0.05) is 13.1 Å². The Morgan fingerprint density at radius 1 is 1.14 bits per heavy atom. The molecule has 1 heterocycles. The van der Waals surface area contributed by atoms with Crippen LogP contribution in [-0.4, -0.2) is 50.3 Å². The molecule has 1 aliphatic rings. The number of hydrogen-bond donors (Lipinski definition) is 1. The summed E-state index contributed by atoms with van der Waals surface area (Å²) in [6, 6.07) is 0. The number of alkyl halides is 4. The number of hydrogen-bond acceptors (Lipinski definition) is 4. The molecule has 6 nitrogen and oxygen atoms in total. The third-order valence-corrected chi connectivity index (χ3v) is 4.08. The Morgan fingerprint density at radius 2 is 1.55 bits per heavy atom. The molecule has 1 N–H and O–H groups in total. The van der Waals surface area contributed by atoms with Gasteiger partial charge < -0.3 is 8.94 Å². The van der Waals surface area contributed by atoms with Gasteiger partial charge in [0.25, 0.3) is 0 Å². The van der Waals surface area contributed by atoms with Crippen molar-refractivity contribution in [1.82, 2.24) is 4.31 Å². The number of nitrogens with zero attached hydrogens (tertiary/aromatic N) is 1. The summed E-state index contributed by atoms with van der Waals surface area (Å²) in [5.41, 5.74) is 0. The molecule has 0 radical (unpaired) electrons. The molecule has 0 aromatic carbocycles. The molecule has 1 rings (SSSR count). The topological polar surface area (TPSA) is 97.7 Å². The minimum Gasteiger partial charge on any atom is -0.760 e. The zero-order valence-electron chi connectivity index (χ0n) is 10.6. The first-order valence-electron chi connectivity index (χ1n) is 5.38. The molecule has 14 heteroatoms. The number of piperidine rings is 1. The fraction of sp³-hybridized carbons (Fsp3) is 0.875. The molecule has 0 bridgehead atoms.